The average molecular weight is 376 g/mol. The van der Waals surface area contributed by atoms with E-state index in [1.165, 1.54) is 13.8 Å². The topological polar surface area (TPSA) is 132 Å². The van der Waals surface area contributed by atoms with Crippen LogP contribution < -0.4 is 0 Å². The van der Waals surface area contributed by atoms with Crippen LogP contribution in [0.1, 0.15) is 13.8 Å². The Balaban J connectivity index is 4.15. The monoisotopic (exact) mass is 376 g/mol. The molecule has 0 aliphatic carbocycles. The third kappa shape index (κ3) is 10.3. The maximum absolute atomic E-state index is 11.1. The van der Waals surface area contributed by atoms with Gasteiger partial charge in [-0.2, -0.15) is 0 Å². The summed E-state index contributed by atoms with van der Waals surface area (Å²) in [6, 6.07) is 0. The molecular weight excluding hydrogens is 348 g/mol. The highest BCUT2D eigenvalue weighted by molar-refractivity contribution is 5.81. The van der Waals surface area contributed by atoms with E-state index in [0.717, 1.165) is 12.2 Å². The summed E-state index contributed by atoms with van der Waals surface area (Å²) in [6.45, 7) is 8.69. The maximum atomic E-state index is 11.1. The Morgan fingerprint density at radius 3 is 1.81 bits per heavy atom. The molecule has 0 radical (unpaired) electrons. The molecule has 9 heteroatoms. The van der Waals surface area contributed by atoms with Crippen molar-refractivity contribution >= 4 is 11.9 Å². The van der Waals surface area contributed by atoms with E-state index < -0.39 is 42.5 Å². The Morgan fingerprint density at radius 1 is 0.923 bits per heavy atom. The molecule has 5 atom stereocenters. The number of rotatable bonds is 14. The van der Waals surface area contributed by atoms with Crippen LogP contribution in [0.5, 0.6) is 0 Å². The first-order valence-electron chi connectivity index (χ1n) is 8.07. The Morgan fingerprint density at radius 2 is 1.38 bits per heavy atom. The molecule has 0 rings (SSSR count). The molecule has 0 spiro atoms. The number of ether oxygens (including phenoxy) is 4. The number of aliphatic hydroxyl groups is 3. The summed E-state index contributed by atoms with van der Waals surface area (Å²) >= 11 is 0. The summed E-state index contributed by atoms with van der Waals surface area (Å²) in [4.78, 5) is 22.1. The molecule has 0 heterocycles. The standard InChI is InChI=1S/C17H28O9/c1-5-16(21)25-11(3)14(19)9-23-8-13(7-18)24-10-15(20)12(4)26-17(22)6-2/h5-6,11-15,18-20H,1-2,7-10H2,3-4H3. The van der Waals surface area contributed by atoms with Gasteiger partial charge in [-0.25, -0.2) is 9.59 Å². The fraction of sp³-hybridized carbons (Fsp3) is 0.647. The summed E-state index contributed by atoms with van der Waals surface area (Å²) in [5, 5.41) is 28.9. The normalized spacial score (nSPS) is 16.7. The van der Waals surface area contributed by atoms with E-state index in [1.54, 1.807) is 0 Å². The predicted molar refractivity (Wildman–Crippen MR) is 91.2 cm³/mol. The number of esters is 2. The molecule has 0 saturated heterocycles. The lowest BCUT2D eigenvalue weighted by Crippen LogP contribution is -2.37. The Labute approximate surface area is 152 Å². The number of hydrogen-bond donors (Lipinski definition) is 3. The quantitative estimate of drug-likeness (QED) is 0.267. The SMILES string of the molecule is C=CC(=O)OC(C)C(O)COCC(CO)OCC(O)C(C)OC(=O)C=C. The first-order valence-corrected chi connectivity index (χ1v) is 8.07. The van der Waals surface area contributed by atoms with Crippen LogP contribution in [-0.2, 0) is 28.5 Å². The first kappa shape index (κ1) is 24.2. The molecule has 0 amide bonds. The second-order valence-electron chi connectivity index (χ2n) is 5.50. The van der Waals surface area contributed by atoms with E-state index >= 15 is 0 Å². The van der Waals surface area contributed by atoms with Gasteiger partial charge in [-0.05, 0) is 13.8 Å². The molecular formula is C17H28O9. The maximum Gasteiger partial charge on any atom is 0.330 e. The minimum atomic E-state index is -1.10. The van der Waals surface area contributed by atoms with Crippen molar-refractivity contribution in [1.82, 2.24) is 0 Å². The molecule has 26 heavy (non-hydrogen) atoms. The fourth-order valence-corrected chi connectivity index (χ4v) is 1.60. The number of carbonyl (C=O) groups is 2. The van der Waals surface area contributed by atoms with Gasteiger partial charge >= 0.3 is 11.9 Å². The van der Waals surface area contributed by atoms with E-state index in [4.69, 9.17) is 18.9 Å². The number of carbonyl (C=O) groups excluding carboxylic acids is 2. The van der Waals surface area contributed by atoms with Crippen LogP contribution in [0.4, 0.5) is 0 Å². The second kappa shape index (κ2) is 13.4. The Hall–Kier alpha value is -1.78. The summed E-state index contributed by atoms with van der Waals surface area (Å²) in [6.07, 6.45) is -2.57. The lowest BCUT2D eigenvalue weighted by atomic mass is 10.2. The van der Waals surface area contributed by atoms with E-state index in [9.17, 15) is 24.9 Å². The molecule has 0 aromatic heterocycles. The smallest absolute Gasteiger partial charge is 0.330 e. The molecule has 150 valence electrons. The Bertz CT molecular complexity index is 452. The molecule has 3 N–H and O–H groups in total. The van der Waals surface area contributed by atoms with Crippen LogP contribution in [0.2, 0.25) is 0 Å². The summed E-state index contributed by atoms with van der Waals surface area (Å²) in [5.41, 5.74) is 0. The zero-order chi connectivity index (χ0) is 20.1. The molecule has 0 fully saturated rings. The van der Waals surface area contributed by atoms with Crippen LogP contribution >= 0.6 is 0 Å². The highest BCUT2D eigenvalue weighted by atomic mass is 16.6. The molecule has 0 aromatic carbocycles. The lowest BCUT2D eigenvalue weighted by Gasteiger charge is -2.23. The van der Waals surface area contributed by atoms with Gasteiger partial charge in [-0.3, -0.25) is 0 Å². The molecule has 0 aromatic rings. The lowest BCUT2D eigenvalue weighted by molar-refractivity contribution is -0.155. The third-order valence-electron chi connectivity index (χ3n) is 3.32. The van der Waals surface area contributed by atoms with Crippen molar-refractivity contribution in [1.29, 1.82) is 0 Å². The summed E-state index contributed by atoms with van der Waals surface area (Å²) < 4.78 is 20.2. The molecule has 9 nitrogen and oxygen atoms in total. The van der Waals surface area contributed by atoms with Gasteiger partial charge in [-0.15, -0.1) is 0 Å². The van der Waals surface area contributed by atoms with Crippen molar-refractivity contribution < 1.29 is 43.9 Å². The predicted octanol–water partition coefficient (Wildman–Crippen LogP) is -0.662. The van der Waals surface area contributed by atoms with Gasteiger partial charge in [0.1, 0.15) is 30.5 Å². The zero-order valence-corrected chi connectivity index (χ0v) is 15.1. The molecule has 0 aliphatic rings. The van der Waals surface area contributed by atoms with E-state index in [-0.39, 0.29) is 26.4 Å². The van der Waals surface area contributed by atoms with Gasteiger partial charge in [0.15, 0.2) is 0 Å². The summed E-state index contributed by atoms with van der Waals surface area (Å²) in [7, 11) is 0. The van der Waals surface area contributed by atoms with Crippen LogP contribution in [-0.4, -0.2) is 84.2 Å². The van der Waals surface area contributed by atoms with E-state index in [1.807, 2.05) is 0 Å². The van der Waals surface area contributed by atoms with Crippen molar-refractivity contribution in [2.24, 2.45) is 0 Å². The number of aliphatic hydroxyl groups excluding tert-OH is 3. The van der Waals surface area contributed by atoms with Crippen molar-refractivity contribution in [3.05, 3.63) is 25.3 Å². The summed E-state index contributed by atoms with van der Waals surface area (Å²) in [5.74, 6) is -1.33. The zero-order valence-electron chi connectivity index (χ0n) is 15.1. The van der Waals surface area contributed by atoms with Gasteiger partial charge in [-0.1, -0.05) is 13.2 Å². The Kier molecular flexibility index (Phi) is 12.5. The molecule has 0 aliphatic heterocycles. The molecule has 0 bridgehead atoms. The van der Waals surface area contributed by atoms with Crippen LogP contribution in [0, 0.1) is 0 Å². The minimum Gasteiger partial charge on any atom is -0.457 e. The van der Waals surface area contributed by atoms with Crippen LogP contribution in [0.3, 0.4) is 0 Å². The van der Waals surface area contributed by atoms with Crippen LogP contribution in [0.25, 0.3) is 0 Å². The van der Waals surface area contributed by atoms with Gasteiger partial charge in [0, 0.05) is 12.2 Å². The fourth-order valence-electron chi connectivity index (χ4n) is 1.60. The van der Waals surface area contributed by atoms with E-state index in [0.29, 0.717) is 0 Å². The van der Waals surface area contributed by atoms with Gasteiger partial charge in [0.05, 0.1) is 26.4 Å². The van der Waals surface area contributed by atoms with Crippen molar-refractivity contribution in [2.45, 2.75) is 44.4 Å². The first-order chi connectivity index (χ1) is 12.2. The third-order valence-corrected chi connectivity index (χ3v) is 3.32. The highest BCUT2D eigenvalue weighted by Crippen LogP contribution is 2.05. The molecule has 0 saturated carbocycles. The minimum absolute atomic E-state index is 0.0662. The highest BCUT2D eigenvalue weighted by Gasteiger charge is 2.21. The van der Waals surface area contributed by atoms with Crippen LogP contribution in [0.15, 0.2) is 25.3 Å². The van der Waals surface area contributed by atoms with Gasteiger partial charge in [0.25, 0.3) is 0 Å². The van der Waals surface area contributed by atoms with Crippen molar-refractivity contribution in [2.75, 3.05) is 26.4 Å². The average Bonchev–Trinajstić information content (AvgIpc) is 2.63. The molecule has 5 unspecified atom stereocenters. The number of hydrogen-bond acceptors (Lipinski definition) is 9. The van der Waals surface area contributed by atoms with Crippen molar-refractivity contribution in [3.8, 4) is 0 Å². The van der Waals surface area contributed by atoms with E-state index in [2.05, 4.69) is 13.2 Å². The largest absolute Gasteiger partial charge is 0.457 e. The second-order valence-corrected chi connectivity index (χ2v) is 5.50. The van der Waals surface area contributed by atoms with Crippen molar-refractivity contribution in [3.63, 3.8) is 0 Å². The van der Waals surface area contributed by atoms with Gasteiger partial charge < -0.3 is 34.3 Å². The van der Waals surface area contributed by atoms with Gasteiger partial charge in [0.2, 0.25) is 0 Å².